The first-order valence-electron chi connectivity index (χ1n) is 26.4. The minimum atomic E-state index is -0.0963. The lowest BCUT2D eigenvalue weighted by Crippen LogP contribution is -2.14. The summed E-state index contributed by atoms with van der Waals surface area (Å²) in [5.74, 6) is 0. The van der Waals surface area contributed by atoms with Crippen LogP contribution in [0.1, 0.15) is 25.0 Å². The van der Waals surface area contributed by atoms with Gasteiger partial charge in [-0.2, -0.15) is 0 Å². The van der Waals surface area contributed by atoms with Gasteiger partial charge in [-0.1, -0.05) is 135 Å². The summed E-state index contributed by atoms with van der Waals surface area (Å²) >= 11 is 0. The van der Waals surface area contributed by atoms with Crippen LogP contribution in [-0.2, 0) is 5.41 Å². The van der Waals surface area contributed by atoms with E-state index in [2.05, 4.69) is 243 Å². The molecule has 0 fully saturated rings. The third-order valence-electron chi connectivity index (χ3n) is 17.6. The van der Waals surface area contributed by atoms with E-state index in [4.69, 9.17) is 8.83 Å². The van der Waals surface area contributed by atoms with Crippen molar-refractivity contribution in [3.8, 4) is 44.5 Å². The van der Waals surface area contributed by atoms with Crippen molar-refractivity contribution in [2.75, 3.05) is 0 Å². The van der Waals surface area contributed by atoms with Gasteiger partial charge in [-0.3, -0.25) is 0 Å². The van der Waals surface area contributed by atoms with Gasteiger partial charge in [0.2, 0.25) is 0 Å². The van der Waals surface area contributed by atoms with Crippen LogP contribution in [0.3, 0.4) is 0 Å². The van der Waals surface area contributed by atoms with Gasteiger partial charge in [0.1, 0.15) is 22.3 Å². The molecule has 1 aliphatic carbocycles. The van der Waals surface area contributed by atoms with Crippen LogP contribution in [0.25, 0.3) is 170 Å². The summed E-state index contributed by atoms with van der Waals surface area (Å²) in [6.07, 6.45) is 0. The van der Waals surface area contributed by atoms with Crippen molar-refractivity contribution in [3.63, 3.8) is 0 Å². The van der Waals surface area contributed by atoms with Crippen LogP contribution in [0.2, 0.25) is 0 Å². The maximum Gasteiger partial charge on any atom is 0.136 e. The molecule has 0 radical (unpaired) electrons. The molecule has 0 aliphatic heterocycles. The molecule has 0 saturated heterocycles. The Morgan fingerprint density at radius 1 is 0.276 bits per heavy atom. The molecule has 0 saturated carbocycles. The molecule has 4 heterocycles. The molecule has 4 aromatic heterocycles. The number of rotatable bonds is 3. The smallest absolute Gasteiger partial charge is 0.136 e. The maximum atomic E-state index is 6.42. The minimum Gasteiger partial charge on any atom is -0.456 e. The van der Waals surface area contributed by atoms with Crippen molar-refractivity contribution >= 4 is 125 Å². The summed E-state index contributed by atoms with van der Waals surface area (Å²) in [6.45, 7) is 4.75. The largest absolute Gasteiger partial charge is 0.456 e. The average Bonchev–Trinajstić information content (AvgIpc) is 4.44. The predicted octanol–water partition coefficient (Wildman–Crippen LogP) is 20.6. The number of nitrogens with zero attached hydrogens (tertiary/aromatic N) is 1. The lowest BCUT2D eigenvalue weighted by molar-refractivity contribution is 0.660. The normalized spacial score (nSPS) is 13.5. The third-order valence-corrected chi connectivity index (χ3v) is 17.6. The lowest BCUT2D eigenvalue weighted by atomic mass is 9.81. The Labute approximate surface area is 435 Å². The molecule has 0 unspecified atom stereocenters. The Hall–Kier alpha value is -9.70. The first-order chi connectivity index (χ1) is 37.3. The molecule has 0 spiro atoms. The van der Waals surface area contributed by atoms with E-state index in [1.165, 1.54) is 137 Å². The molecule has 3 nitrogen and oxygen atoms in total. The summed E-state index contributed by atoms with van der Waals surface area (Å²) in [4.78, 5) is 0. The number of furan rings is 2. The van der Waals surface area contributed by atoms with E-state index in [0.29, 0.717) is 0 Å². The van der Waals surface area contributed by atoms with Crippen LogP contribution in [-0.4, -0.2) is 4.40 Å². The first-order valence-corrected chi connectivity index (χ1v) is 26.4. The number of hydrogen-bond donors (Lipinski definition) is 0. The summed E-state index contributed by atoms with van der Waals surface area (Å²) in [7, 11) is 0. The van der Waals surface area contributed by atoms with Gasteiger partial charge in [0, 0.05) is 48.5 Å². The van der Waals surface area contributed by atoms with Gasteiger partial charge in [0.25, 0.3) is 0 Å². The van der Waals surface area contributed by atoms with E-state index in [0.717, 1.165) is 43.9 Å². The van der Waals surface area contributed by atoms with Gasteiger partial charge >= 0.3 is 0 Å². The molecule has 13 aromatic carbocycles. The molecule has 0 atom stereocenters. The highest BCUT2D eigenvalue weighted by Crippen LogP contribution is 2.51. The lowest BCUT2D eigenvalue weighted by Gasteiger charge is -2.22. The molecule has 0 N–H and O–H groups in total. The highest BCUT2D eigenvalue weighted by Gasteiger charge is 2.35. The monoisotopic (exact) mass is 965 g/mol. The van der Waals surface area contributed by atoms with E-state index in [1.54, 1.807) is 0 Å². The van der Waals surface area contributed by atoms with Gasteiger partial charge in [-0.15, -0.1) is 0 Å². The zero-order valence-electron chi connectivity index (χ0n) is 41.6. The van der Waals surface area contributed by atoms with Crippen LogP contribution in [0.5, 0.6) is 0 Å². The van der Waals surface area contributed by atoms with Crippen LogP contribution in [0, 0.1) is 0 Å². The fourth-order valence-corrected chi connectivity index (χ4v) is 13.7. The SMILES string of the molecule is CC1(C)c2ccccc2-c2ccc(-c3cc4c5cc6ccc(-c7ccc8oc9cc%10ccccc%10cc9c8c7)cc6cc5n5c6cc7cc(-c8ccc9oc%10cc%11ccccc%11cc%10c9c8)ccc7cc6c(c3)c45)cc21. The van der Waals surface area contributed by atoms with Crippen LogP contribution < -0.4 is 0 Å². The van der Waals surface area contributed by atoms with Crippen molar-refractivity contribution in [2.45, 2.75) is 19.3 Å². The second kappa shape index (κ2) is 14.3. The second-order valence-corrected chi connectivity index (χ2v) is 22.1. The van der Waals surface area contributed by atoms with Gasteiger partial charge < -0.3 is 13.2 Å². The molecule has 1 aliphatic rings. The fraction of sp³-hybridized carbons (Fsp3) is 0.0411. The molecule has 18 rings (SSSR count). The number of aromatic nitrogens is 1. The number of hydrogen-bond acceptors (Lipinski definition) is 2. The van der Waals surface area contributed by atoms with E-state index in [9.17, 15) is 0 Å². The van der Waals surface area contributed by atoms with Crippen molar-refractivity contribution in [3.05, 3.63) is 236 Å². The summed E-state index contributed by atoms with van der Waals surface area (Å²) < 4.78 is 15.4. The third kappa shape index (κ3) is 5.51. The predicted molar refractivity (Wildman–Crippen MR) is 320 cm³/mol. The standard InChI is InChI=1S/C73H43NO2/c1-73(2)64-14-8-7-13-54(64)55-22-19-50(35-65(55)73)53-33-62-56-27-48-17-15-44(46-20-23-68-58(31-46)60-29-40-9-3-5-11-42(40)38-70(60)75-68)25-51(48)36-66(56)74-67-37-52-26-45(16-18-49(52)28-57(67)63(34-53)72(62)74)47-21-24-69-59(32-47)61-30-41-10-4-6-12-43(41)39-71(61)76-69/h3-39H,1-2H3. The minimum absolute atomic E-state index is 0.0963. The molecular formula is C73H43NO2. The van der Waals surface area contributed by atoms with Crippen molar-refractivity contribution in [1.29, 1.82) is 0 Å². The van der Waals surface area contributed by atoms with Crippen molar-refractivity contribution in [2.24, 2.45) is 0 Å². The molecule has 17 aromatic rings. The number of fused-ring (bicyclic) bond motifs is 19. The van der Waals surface area contributed by atoms with Crippen molar-refractivity contribution in [1.82, 2.24) is 4.40 Å². The average molecular weight is 966 g/mol. The molecule has 3 heteroatoms. The summed E-state index contributed by atoms with van der Waals surface area (Å²) in [6, 6.07) is 83.9. The quantitative estimate of drug-likeness (QED) is 0.177. The van der Waals surface area contributed by atoms with Crippen LogP contribution in [0.4, 0.5) is 0 Å². The summed E-state index contributed by atoms with van der Waals surface area (Å²) in [5, 5.41) is 19.3. The van der Waals surface area contributed by atoms with Crippen molar-refractivity contribution < 1.29 is 8.83 Å². The molecule has 352 valence electrons. The Balaban J connectivity index is 0.841. The van der Waals surface area contributed by atoms with Gasteiger partial charge in [0.15, 0.2) is 0 Å². The van der Waals surface area contributed by atoms with Gasteiger partial charge in [0.05, 0.1) is 16.6 Å². The molecule has 76 heavy (non-hydrogen) atoms. The van der Waals surface area contributed by atoms with E-state index in [-0.39, 0.29) is 5.41 Å². The van der Waals surface area contributed by atoms with Gasteiger partial charge in [-0.05, 0) is 202 Å². The van der Waals surface area contributed by atoms with E-state index >= 15 is 0 Å². The maximum absolute atomic E-state index is 6.42. The Kier molecular flexibility index (Phi) is 7.68. The molecular weight excluding hydrogens is 923 g/mol. The summed E-state index contributed by atoms with van der Waals surface area (Å²) in [5.41, 5.74) is 19.9. The first kappa shape index (κ1) is 40.7. The zero-order valence-corrected chi connectivity index (χ0v) is 41.6. The highest BCUT2D eigenvalue weighted by molar-refractivity contribution is 6.27. The van der Waals surface area contributed by atoms with Crippen LogP contribution in [0.15, 0.2) is 233 Å². The number of benzene rings is 13. The highest BCUT2D eigenvalue weighted by atomic mass is 16.3. The molecule has 0 amide bonds. The van der Waals surface area contributed by atoms with Crippen LogP contribution >= 0.6 is 0 Å². The van der Waals surface area contributed by atoms with E-state index < -0.39 is 0 Å². The topological polar surface area (TPSA) is 30.7 Å². The second-order valence-electron chi connectivity index (χ2n) is 22.1. The Morgan fingerprint density at radius 3 is 1.25 bits per heavy atom. The Bertz CT molecular complexity index is 5170. The van der Waals surface area contributed by atoms with E-state index in [1.807, 2.05) is 0 Å². The van der Waals surface area contributed by atoms with Gasteiger partial charge in [-0.25, -0.2) is 0 Å². The molecule has 0 bridgehead atoms. The fourth-order valence-electron chi connectivity index (χ4n) is 13.7. The zero-order chi connectivity index (χ0) is 49.7. The Morgan fingerprint density at radius 2 is 0.684 bits per heavy atom.